The van der Waals surface area contributed by atoms with Gasteiger partial charge in [-0.2, -0.15) is 8.75 Å². The van der Waals surface area contributed by atoms with Gasteiger partial charge in [-0.3, -0.25) is 10.2 Å². The average Bonchev–Trinajstić information content (AvgIpc) is 2.98. The van der Waals surface area contributed by atoms with Gasteiger partial charge >= 0.3 is 0 Å². The molecular formula is C10H15N5OS. The summed E-state index contributed by atoms with van der Waals surface area (Å²) in [4.78, 5) is 11.9. The van der Waals surface area contributed by atoms with Gasteiger partial charge in [0, 0.05) is 12.0 Å². The molecule has 7 heteroatoms. The molecule has 1 aromatic heterocycles. The summed E-state index contributed by atoms with van der Waals surface area (Å²) in [6.45, 7) is 0. The molecule has 3 atom stereocenters. The lowest BCUT2D eigenvalue weighted by molar-refractivity contribution is 0.0912. The van der Waals surface area contributed by atoms with Gasteiger partial charge in [0.25, 0.3) is 5.91 Å². The van der Waals surface area contributed by atoms with E-state index in [0.717, 1.165) is 18.1 Å². The zero-order chi connectivity index (χ0) is 11.7. The molecular weight excluding hydrogens is 238 g/mol. The molecule has 1 saturated carbocycles. The number of rotatable bonds is 2. The number of hydrogen-bond acceptors (Lipinski definition) is 6. The van der Waals surface area contributed by atoms with Gasteiger partial charge in [-0.15, -0.1) is 0 Å². The van der Waals surface area contributed by atoms with Crippen LogP contribution in [0, 0.1) is 5.92 Å². The first-order chi connectivity index (χ1) is 8.34. The highest BCUT2D eigenvalue weighted by atomic mass is 32.1. The van der Waals surface area contributed by atoms with Crippen molar-refractivity contribution >= 4 is 17.6 Å². The van der Waals surface area contributed by atoms with E-state index in [4.69, 9.17) is 0 Å². The zero-order valence-corrected chi connectivity index (χ0v) is 10.2. The molecule has 1 aromatic rings. The van der Waals surface area contributed by atoms with Crippen molar-refractivity contribution in [3.05, 3.63) is 11.9 Å². The Morgan fingerprint density at radius 3 is 3.12 bits per heavy atom. The molecule has 0 aromatic carbocycles. The van der Waals surface area contributed by atoms with Gasteiger partial charge in [-0.25, -0.2) is 5.43 Å². The molecule has 1 aliphatic carbocycles. The number of nitrogens with zero attached hydrogens (tertiary/aromatic N) is 2. The van der Waals surface area contributed by atoms with Crippen molar-refractivity contribution in [2.24, 2.45) is 5.92 Å². The minimum atomic E-state index is -0.149. The average molecular weight is 253 g/mol. The number of carbonyl (C=O) groups excluding carboxylic acids is 1. The molecule has 2 aliphatic rings. The van der Waals surface area contributed by atoms with E-state index in [0.29, 0.717) is 17.7 Å². The highest BCUT2D eigenvalue weighted by Crippen LogP contribution is 2.29. The van der Waals surface area contributed by atoms with Crippen LogP contribution in [0.2, 0.25) is 0 Å². The van der Waals surface area contributed by atoms with Crippen molar-refractivity contribution in [1.82, 2.24) is 24.9 Å². The topological polar surface area (TPSA) is 78.9 Å². The molecule has 2 heterocycles. The first-order valence-electron chi connectivity index (χ1n) is 5.94. The normalized spacial score (nSPS) is 32.1. The van der Waals surface area contributed by atoms with Crippen LogP contribution in [0.4, 0.5) is 0 Å². The second kappa shape index (κ2) is 4.67. The lowest BCUT2D eigenvalue weighted by Crippen LogP contribution is -2.47. The summed E-state index contributed by atoms with van der Waals surface area (Å²) in [7, 11) is 0. The Kier molecular flexibility index (Phi) is 3.04. The van der Waals surface area contributed by atoms with E-state index in [2.05, 4.69) is 24.9 Å². The highest BCUT2D eigenvalue weighted by molar-refractivity contribution is 6.99. The fraction of sp³-hybridized carbons (Fsp3) is 0.700. The summed E-state index contributed by atoms with van der Waals surface area (Å²) in [5.74, 6) is 0.337. The van der Waals surface area contributed by atoms with E-state index in [1.54, 1.807) is 0 Å². The van der Waals surface area contributed by atoms with Crippen LogP contribution in [0.3, 0.4) is 0 Å². The van der Waals surface area contributed by atoms with E-state index < -0.39 is 0 Å². The number of aromatic nitrogens is 2. The Balaban J connectivity index is 1.64. The maximum Gasteiger partial charge on any atom is 0.273 e. The van der Waals surface area contributed by atoms with E-state index in [9.17, 15) is 4.79 Å². The molecule has 0 bridgehead atoms. The van der Waals surface area contributed by atoms with Crippen molar-refractivity contribution in [3.8, 4) is 0 Å². The van der Waals surface area contributed by atoms with Crippen molar-refractivity contribution in [2.45, 2.75) is 37.9 Å². The van der Waals surface area contributed by atoms with Gasteiger partial charge in [-0.05, 0) is 12.8 Å². The van der Waals surface area contributed by atoms with Crippen molar-refractivity contribution < 1.29 is 4.79 Å². The minimum Gasteiger partial charge on any atom is -0.334 e. The number of carbonyl (C=O) groups is 1. The number of hydrogen-bond donors (Lipinski definition) is 3. The van der Waals surface area contributed by atoms with E-state index in [1.807, 2.05) is 0 Å². The zero-order valence-electron chi connectivity index (χ0n) is 9.35. The summed E-state index contributed by atoms with van der Waals surface area (Å²) in [6, 6.07) is 0.489. The van der Waals surface area contributed by atoms with Crippen molar-refractivity contribution in [2.75, 3.05) is 0 Å². The fourth-order valence-electron chi connectivity index (χ4n) is 2.66. The van der Waals surface area contributed by atoms with Gasteiger partial charge in [-0.1, -0.05) is 12.8 Å². The molecule has 6 nitrogen and oxygen atoms in total. The molecule has 3 N–H and O–H groups in total. The first-order valence-corrected chi connectivity index (χ1v) is 6.67. The highest BCUT2D eigenvalue weighted by Gasteiger charge is 2.38. The molecule has 3 rings (SSSR count). The standard InChI is InChI=1S/C10H15N5OS/c16-10(8-5-11-17-15-8)12-9-6-3-1-2-4-7(6)13-14-9/h5-7,9,13-14H,1-4H2,(H,12,16). The van der Waals surface area contributed by atoms with Crippen molar-refractivity contribution in [1.29, 1.82) is 0 Å². The van der Waals surface area contributed by atoms with Crippen molar-refractivity contribution in [3.63, 3.8) is 0 Å². The first kappa shape index (κ1) is 11.1. The third kappa shape index (κ3) is 2.18. The van der Waals surface area contributed by atoms with Gasteiger partial charge < -0.3 is 5.32 Å². The molecule has 1 amide bonds. The van der Waals surface area contributed by atoms with Gasteiger partial charge in [0.05, 0.1) is 24.1 Å². The predicted molar refractivity (Wildman–Crippen MR) is 63.2 cm³/mol. The van der Waals surface area contributed by atoms with Gasteiger partial charge in [0.2, 0.25) is 0 Å². The third-order valence-corrected chi connectivity index (χ3v) is 4.03. The number of nitrogens with one attached hydrogen (secondary N) is 3. The Morgan fingerprint density at radius 1 is 1.41 bits per heavy atom. The van der Waals surface area contributed by atoms with Crippen LogP contribution < -0.4 is 16.2 Å². The van der Waals surface area contributed by atoms with Crippen LogP contribution in [0.5, 0.6) is 0 Å². The van der Waals surface area contributed by atoms with Gasteiger partial charge in [0.1, 0.15) is 0 Å². The summed E-state index contributed by atoms with van der Waals surface area (Å²) < 4.78 is 7.77. The Hall–Kier alpha value is -1.05. The second-order valence-electron chi connectivity index (χ2n) is 4.59. The van der Waals surface area contributed by atoms with Crippen LogP contribution in [-0.2, 0) is 0 Å². The maximum absolute atomic E-state index is 11.9. The molecule has 3 unspecified atom stereocenters. The molecule has 92 valence electrons. The molecule has 2 fully saturated rings. The van der Waals surface area contributed by atoms with Gasteiger partial charge in [0.15, 0.2) is 5.69 Å². The SMILES string of the molecule is O=C(NC1NNC2CCCCC21)c1cnsn1. The number of fused-ring (bicyclic) bond motifs is 1. The van der Waals surface area contributed by atoms with Crippen LogP contribution >= 0.6 is 11.7 Å². The predicted octanol–water partition coefficient (Wildman–Crippen LogP) is 0.261. The smallest absolute Gasteiger partial charge is 0.273 e. The Labute approximate surface area is 103 Å². The van der Waals surface area contributed by atoms with E-state index >= 15 is 0 Å². The number of hydrazine groups is 1. The Morgan fingerprint density at radius 2 is 2.29 bits per heavy atom. The second-order valence-corrected chi connectivity index (χ2v) is 5.14. The summed E-state index contributed by atoms with van der Waals surface area (Å²) in [5.41, 5.74) is 6.82. The van der Waals surface area contributed by atoms with E-state index in [1.165, 1.54) is 25.5 Å². The largest absolute Gasteiger partial charge is 0.334 e. The lowest BCUT2D eigenvalue weighted by atomic mass is 9.84. The monoisotopic (exact) mass is 253 g/mol. The molecule has 0 spiro atoms. The Bertz CT molecular complexity index is 395. The molecule has 1 saturated heterocycles. The maximum atomic E-state index is 11.9. The summed E-state index contributed by atoms with van der Waals surface area (Å²) in [5, 5.41) is 2.97. The summed E-state index contributed by atoms with van der Waals surface area (Å²) >= 11 is 1.05. The fourth-order valence-corrected chi connectivity index (χ4v) is 3.08. The minimum absolute atomic E-state index is 0.00880. The quantitative estimate of drug-likeness (QED) is 0.704. The number of amides is 1. The lowest BCUT2D eigenvalue weighted by Gasteiger charge is -2.27. The third-order valence-electron chi connectivity index (χ3n) is 3.55. The molecule has 17 heavy (non-hydrogen) atoms. The summed E-state index contributed by atoms with van der Waals surface area (Å²) in [6.07, 6.45) is 6.37. The van der Waals surface area contributed by atoms with Crippen LogP contribution in [0.1, 0.15) is 36.2 Å². The van der Waals surface area contributed by atoms with E-state index in [-0.39, 0.29) is 12.1 Å². The van der Waals surface area contributed by atoms with Crippen LogP contribution in [0.15, 0.2) is 6.20 Å². The van der Waals surface area contributed by atoms with Crippen LogP contribution in [-0.4, -0.2) is 26.9 Å². The molecule has 0 radical (unpaired) electrons. The van der Waals surface area contributed by atoms with Crippen LogP contribution in [0.25, 0.3) is 0 Å². The molecule has 1 aliphatic heterocycles.